The number of anilines is 1. The first-order chi connectivity index (χ1) is 11.0. The van der Waals surface area contributed by atoms with E-state index in [2.05, 4.69) is 15.9 Å². The zero-order chi connectivity index (χ0) is 16.8. The van der Waals surface area contributed by atoms with Gasteiger partial charge in [-0.25, -0.2) is 4.79 Å². The van der Waals surface area contributed by atoms with Gasteiger partial charge in [0.05, 0.1) is 10.6 Å². The molecule has 0 saturated heterocycles. The molecule has 0 aromatic heterocycles. The van der Waals surface area contributed by atoms with Crippen LogP contribution in [-0.4, -0.2) is 25.0 Å². The molecule has 0 atom stereocenters. The van der Waals surface area contributed by atoms with Crippen LogP contribution in [0.25, 0.3) is 0 Å². The highest BCUT2D eigenvalue weighted by molar-refractivity contribution is 9.10. The van der Waals surface area contributed by atoms with E-state index in [1.165, 1.54) is 0 Å². The van der Waals surface area contributed by atoms with Crippen molar-refractivity contribution >= 4 is 45.1 Å². The van der Waals surface area contributed by atoms with Crippen LogP contribution in [0.3, 0.4) is 0 Å². The summed E-state index contributed by atoms with van der Waals surface area (Å²) in [5.74, 6) is -0.924. The Morgan fingerprint density at radius 1 is 1.17 bits per heavy atom. The molecule has 1 amide bonds. The topological polar surface area (TPSA) is 46.6 Å². The lowest BCUT2D eigenvalue weighted by atomic mass is 10.2. The van der Waals surface area contributed by atoms with Gasteiger partial charge in [0.25, 0.3) is 5.91 Å². The van der Waals surface area contributed by atoms with Crippen molar-refractivity contribution in [1.82, 2.24) is 0 Å². The molecule has 0 spiro atoms. The van der Waals surface area contributed by atoms with E-state index in [4.69, 9.17) is 16.3 Å². The maximum atomic E-state index is 12.3. The molecule has 0 bridgehead atoms. The van der Waals surface area contributed by atoms with E-state index in [9.17, 15) is 9.59 Å². The van der Waals surface area contributed by atoms with E-state index in [0.29, 0.717) is 11.0 Å². The summed E-state index contributed by atoms with van der Waals surface area (Å²) in [5, 5.41) is 0.279. The zero-order valence-corrected chi connectivity index (χ0v) is 14.8. The molecule has 0 saturated carbocycles. The number of carbonyl (C=O) groups is 2. The highest BCUT2D eigenvalue weighted by Crippen LogP contribution is 2.22. The molecule has 6 heteroatoms. The maximum Gasteiger partial charge on any atom is 0.340 e. The van der Waals surface area contributed by atoms with Crippen molar-refractivity contribution in [3.05, 3.63) is 63.6 Å². The Bertz CT molecular complexity index is 706. The van der Waals surface area contributed by atoms with Crippen LogP contribution in [0.1, 0.15) is 17.3 Å². The van der Waals surface area contributed by atoms with Gasteiger partial charge < -0.3 is 9.64 Å². The molecule has 0 radical (unpaired) electrons. The van der Waals surface area contributed by atoms with Crippen molar-refractivity contribution in [2.24, 2.45) is 0 Å². The fraction of sp³-hybridized carbons (Fsp3) is 0.176. The van der Waals surface area contributed by atoms with Crippen LogP contribution in [0.4, 0.5) is 5.69 Å². The minimum absolute atomic E-state index is 0.219. The predicted octanol–water partition coefficient (Wildman–Crippen LogP) is 4.31. The third-order valence-electron chi connectivity index (χ3n) is 3.16. The van der Waals surface area contributed by atoms with Crippen molar-refractivity contribution in [3.8, 4) is 0 Å². The molecule has 2 rings (SSSR count). The number of rotatable bonds is 5. The van der Waals surface area contributed by atoms with Crippen LogP contribution in [-0.2, 0) is 9.53 Å². The van der Waals surface area contributed by atoms with Crippen molar-refractivity contribution in [2.75, 3.05) is 18.1 Å². The van der Waals surface area contributed by atoms with E-state index >= 15 is 0 Å². The van der Waals surface area contributed by atoms with Gasteiger partial charge in [-0.2, -0.15) is 0 Å². The third-order valence-corrected chi connectivity index (χ3v) is 3.98. The first kappa shape index (κ1) is 17.5. The van der Waals surface area contributed by atoms with Crippen molar-refractivity contribution in [2.45, 2.75) is 6.92 Å². The molecule has 0 N–H and O–H groups in total. The van der Waals surface area contributed by atoms with E-state index in [1.807, 2.05) is 37.3 Å². The van der Waals surface area contributed by atoms with E-state index < -0.39 is 5.97 Å². The zero-order valence-electron chi connectivity index (χ0n) is 12.5. The molecule has 0 unspecified atom stereocenters. The van der Waals surface area contributed by atoms with Gasteiger partial charge in [0.1, 0.15) is 0 Å². The van der Waals surface area contributed by atoms with E-state index in [-0.39, 0.29) is 23.1 Å². The van der Waals surface area contributed by atoms with Crippen LogP contribution in [0.5, 0.6) is 0 Å². The SMILES string of the molecule is CCN(C(=O)COC(=O)c1cc(Br)ccc1Cl)c1ccccc1. The quantitative estimate of drug-likeness (QED) is 0.707. The predicted molar refractivity (Wildman–Crippen MR) is 93.9 cm³/mol. The number of halogens is 2. The van der Waals surface area contributed by atoms with Gasteiger partial charge in [0, 0.05) is 16.7 Å². The smallest absolute Gasteiger partial charge is 0.340 e. The maximum absolute atomic E-state index is 12.3. The summed E-state index contributed by atoms with van der Waals surface area (Å²) in [6.07, 6.45) is 0. The standard InChI is InChI=1S/C17H15BrClNO3/c1-2-20(13-6-4-3-5-7-13)16(21)11-23-17(22)14-10-12(18)8-9-15(14)19/h3-10H,2,11H2,1H3. The average Bonchev–Trinajstić information content (AvgIpc) is 2.56. The molecule has 120 valence electrons. The summed E-state index contributed by atoms with van der Waals surface area (Å²) in [6.45, 7) is 2.00. The Labute approximate surface area is 148 Å². The second-order valence-electron chi connectivity index (χ2n) is 4.67. The lowest BCUT2D eigenvalue weighted by Gasteiger charge is -2.20. The van der Waals surface area contributed by atoms with E-state index in [1.54, 1.807) is 23.1 Å². The fourth-order valence-electron chi connectivity index (χ4n) is 2.05. The largest absolute Gasteiger partial charge is 0.452 e. The number of hydrogen-bond acceptors (Lipinski definition) is 3. The minimum Gasteiger partial charge on any atom is -0.452 e. The summed E-state index contributed by atoms with van der Waals surface area (Å²) in [6, 6.07) is 14.1. The van der Waals surface area contributed by atoms with Gasteiger partial charge in [-0.1, -0.05) is 45.7 Å². The summed E-state index contributed by atoms with van der Waals surface area (Å²) in [7, 11) is 0. The molecule has 23 heavy (non-hydrogen) atoms. The third kappa shape index (κ3) is 4.56. The molecule has 4 nitrogen and oxygen atoms in total. The van der Waals surface area contributed by atoms with Crippen molar-refractivity contribution in [1.29, 1.82) is 0 Å². The Hall–Kier alpha value is -1.85. The molecule has 0 aliphatic rings. The normalized spacial score (nSPS) is 10.2. The first-order valence-corrected chi connectivity index (χ1v) is 8.17. The monoisotopic (exact) mass is 395 g/mol. The summed E-state index contributed by atoms with van der Waals surface area (Å²) < 4.78 is 5.80. The van der Waals surface area contributed by atoms with Crippen LogP contribution >= 0.6 is 27.5 Å². The highest BCUT2D eigenvalue weighted by atomic mass is 79.9. The van der Waals surface area contributed by atoms with Gasteiger partial charge >= 0.3 is 5.97 Å². The Morgan fingerprint density at radius 2 is 1.87 bits per heavy atom. The lowest BCUT2D eigenvalue weighted by Crippen LogP contribution is -2.34. The number of para-hydroxylation sites is 1. The van der Waals surface area contributed by atoms with Crippen LogP contribution in [0.2, 0.25) is 5.02 Å². The average molecular weight is 397 g/mol. The molecule has 0 aliphatic heterocycles. The number of amides is 1. The minimum atomic E-state index is -0.631. The van der Waals surface area contributed by atoms with Crippen molar-refractivity contribution < 1.29 is 14.3 Å². The van der Waals surface area contributed by atoms with Crippen LogP contribution in [0.15, 0.2) is 53.0 Å². The van der Waals surface area contributed by atoms with Gasteiger partial charge in [0.2, 0.25) is 0 Å². The lowest BCUT2D eigenvalue weighted by molar-refractivity contribution is -0.121. The van der Waals surface area contributed by atoms with Gasteiger partial charge in [-0.3, -0.25) is 4.79 Å². The first-order valence-electron chi connectivity index (χ1n) is 7.00. The molecule has 2 aromatic rings. The number of nitrogens with zero attached hydrogens (tertiary/aromatic N) is 1. The van der Waals surface area contributed by atoms with Crippen LogP contribution in [0, 0.1) is 0 Å². The highest BCUT2D eigenvalue weighted by Gasteiger charge is 2.18. The number of ether oxygens (including phenoxy) is 1. The number of benzene rings is 2. The molecule has 0 fully saturated rings. The summed E-state index contributed by atoms with van der Waals surface area (Å²) in [4.78, 5) is 25.9. The Kier molecular flexibility index (Phi) is 6.19. The van der Waals surface area contributed by atoms with Gasteiger partial charge in [0.15, 0.2) is 6.61 Å². The number of likely N-dealkylation sites (N-methyl/N-ethyl adjacent to an activating group) is 1. The second kappa shape index (κ2) is 8.13. The number of hydrogen-bond donors (Lipinski definition) is 0. The van der Waals surface area contributed by atoms with Crippen molar-refractivity contribution in [3.63, 3.8) is 0 Å². The summed E-state index contributed by atoms with van der Waals surface area (Å²) >= 11 is 9.24. The molecular weight excluding hydrogens is 382 g/mol. The number of carbonyl (C=O) groups excluding carboxylic acids is 2. The Balaban J connectivity index is 2.03. The van der Waals surface area contributed by atoms with Gasteiger partial charge in [-0.15, -0.1) is 0 Å². The Morgan fingerprint density at radius 3 is 2.52 bits per heavy atom. The molecule has 2 aromatic carbocycles. The molecular formula is C17H15BrClNO3. The van der Waals surface area contributed by atoms with E-state index in [0.717, 1.165) is 5.69 Å². The summed E-state index contributed by atoms with van der Waals surface area (Å²) in [5.41, 5.74) is 0.980. The van der Waals surface area contributed by atoms with Crippen LogP contribution < -0.4 is 4.90 Å². The molecule has 0 aliphatic carbocycles. The number of esters is 1. The molecule has 0 heterocycles. The second-order valence-corrected chi connectivity index (χ2v) is 6.00. The van der Waals surface area contributed by atoms with Gasteiger partial charge in [-0.05, 0) is 37.3 Å². The fourth-order valence-corrected chi connectivity index (χ4v) is 2.60.